The number of hydrogen-bond donors (Lipinski definition) is 4. The second-order valence-corrected chi connectivity index (χ2v) is 8.48. The van der Waals surface area contributed by atoms with Crippen LogP contribution in [0, 0.1) is 5.92 Å². The van der Waals surface area contributed by atoms with Crippen molar-refractivity contribution in [1.82, 2.24) is 15.2 Å². The largest absolute Gasteiger partial charge is 0.481 e. The molecule has 1 saturated heterocycles. The average Bonchev–Trinajstić information content (AvgIpc) is 3.10. The summed E-state index contributed by atoms with van der Waals surface area (Å²) in [6.07, 6.45) is 3.00. The molecule has 2 aliphatic heterocycles. The van der Waals surface area contributed by atoms with E-state index in [9.17, 15) is 24.3 Å². The van der Waals surface area contributed by atoms with Crippen LogP contribution in [-0.4, -0.2) is 61.0 Å². The van der Waals surface area contributed by atoms with Gasteiger partial charge in [-0.2, -0.15) is 0 Å². The Bertz CT molecular complexity index is 940. The first kappa shape index (κ1) is 20.9. The molecule has 12 heteroatoms. The van der Waals surface area contributed by atoms with E-state index in [1.165, 1.54) is 30.8 Å². The molecule has 2 amide bonds. The van der Waals surface area contributed by atoms with Gasteiger partial charge in [0, 0.05) is 11.1 Å². The van der Waals surface area contributed by atoms with Crippen LogP contribution in [0.15, 0.2) is 23.2 Å². The Labute approximate surface area is 173 Å². The normalized spacial score (nSPS) is 22.2. The molecule has 0 saturated carbocycles. The third-order valence-corrected chi connectivity index (χ3v) is 6.35. The highest BCUT2D eigenvalue weighted by atomic mass is 32.2. The van der Waals surface area contributed by atoms with Crippen molar-refractivity contribution in [3.63, 3.8) is 0 Å². The number of thioether (sulfide) groups is 1. The van der Waals surface area contributed by atoms with Gasteiger partial charge in [0.05, 0.1) is 17.2 Å². The van der Waals surface area contributed by atoms with E-state index in [0.29, 0.717) is 5.75 Å². The summed E-state index contributed by atoms with van der Waals surface area (Å²) in [6.45, 7) is 1.51. The number of nitrogens with one attached hydrogen (secondary N) is 1. The first-order chi connectivity index (χ1) is 13.7. The topological polar surface area (TPSA) is 163 Å². The van der Waals surface area contributed by atoms with E-state index in [2.05, 4.69) is 10.3 Å². The van der Waals surface area contributed by atoms with E-state index in [0.717, 1.165) is 16.2 Å². The quantitative estimate of drug-likeness (QED) is 0.352. The van der Waals surface area contributed by atoms with Crippen molar-refractivity contribution in [2.24, 2.45) is 5.92 Å². The highest BCUT2D eigenvalue weighted by molar-refractivity contribution is 8.00. The number of fused-ring (bicyclic) bond motifs is 1. The minimum Gasteiger partial charge on any atom is -0.481 e. The van der Waals surface area contributed by atoms with Crippen molar-refractivity contribution in [2.75, 3.05) is 11.5 Å². The number of carboxylic acids is 2. The van der Waals surface area contributed by atoms with Gasteiger partial charge >= 0.3 is 11.9 Å². The van der Waals surface area contributed by atoms with Crippen LogP contribution in [0.2, 0.25) is 0 Å². The number of hydrogen-bond acceptors (Lipinski definition) is 8. The summed E-state index contributed by atoms with van der Waals surface area (Å²) in [4.78, 5) is 52.9. The van der Waals surface area contributed by atoms with E-state index >= 15 is 0 Å². The number of amides is 2. The van der Waals surface area contributed by atoms with E-state index in [-0.39, 0.29) is 28.5 Å². The maximum Gasteiger partial charge on any atom is 0.352 e. The van der Waals surface area contributed by atoms with Crippen LogP contribution in [0.1, 0.15) is 19.0 Å². The fourth-order valence-corrected chi connectivity index (χ4v) is 4.64. The molecule has 3 heterocycles. The van der Waals surface area contributed by atoms with Crippen molar-refractivity contribution in [3.8, 4) is 0 Å². The van der Waals surface area contributed by atoms with Gasteiger partial charge in [0.15, 0.2) is 5.13 Å². The Morgan fingerprint density at radius 1 is 1.45 bits per heavy atom. The smallest absolute Gasteiger partial charge is 0.352 e. The first-order valence-electron chi connectivity index (χ1n) is 8.54. The lowest BCUT2D eigenvalue weighted by Crippen LogP contribution is -2.70. The highest BCUT2D eigenvalue weighted by Gasteiger charge is 2.52. The molecule has 3 rings (SSSR count). The maximum absolute atomic E-state index is 12.9. The lowest BCUT2D eigenvalue weighted by molar-refractivity contribution is -0.150. The minimum absolute atomic E-state index is 0.0876. The summed E-state index contributed by atoms with van der Waals surface area (Å²) >= 11 is 2.47. The van der Waals surface area contributed by atoms with E-state index in [1.54, 1.807) is 5.38 Å². The standard InChI is InChI=1S/C17H18N4O6S2/c1-7(15(24)25)2-3-8(9-6-29-17(18)19-9)12(22)20-11-13(23)21-10(16(26)27)4-5-28-14(11)21/h3-4,6-7,11,14H,2,5H2,1H3,(H2,18,19)(H,20,22)(H,24,25)(H,26,27)/t7?,11-,14+/m1/s1. The van der Waals surface area contributed by atoms with Gasteiger partial charge in [-0.15, -0.1) is 23.1 Å². The predicted molar refractivity (Wildman–Crippen MR) is 107 cm³/mol. The number of aromatic nitrogens is 1. The van der Waals surface area contributed by atoms with Crippen molar-refractivity contribution < 1.29 is 29.4 Å². The van der Waals surface area contributed by atoms with Gasteiger partial charge in [-0.3, -0.25) is 19.3 Å². The molecule has 0 aliphatic carbocycles. The number of β-lactam (4-membered cyclic amide) rings is 1. The van der Waals surface area contributed by atoms with Gasteiger partial charge in [0.1, 0.15) is 17.1 Å². The van der Waals surface area contributed by atoms with Crippen LogP contribution in [0.5, 0.6) is 0 Å². The molecule has 3 atom stereocenters. The summed E-state index contributed by atoms with van der Waals surface area (Å²) in [5, 5.41) is 22.2. The van der Waals surface area contributed by atoms with Crippen LogP contribution in [0.25, 0.3) is 5.57 Å². The first-order valence-corrected chi connectivity index (χ1v) is 10.5. The molecule has 0 aromatic carbocycles. The molecule has 1 aromatic rings. The molecule has 1 unspecified atom stereocenters. The second-order valence-electron chi connectivity index (χ2n) is 6.44. The van der Waals surface area contributed by atoms with Gasteiger partial charge in [-0.1, -0.05) is 13.0 Å². The molecule has 0 bridgehead atoms. The zero-order chi connectivity index (χ0) is 21.3. The average molecular weight is 438 g/mol. The van der Waals surface area contributed by atoms with Crippen molar-refractivity contribution in [2.45, 2.75) is 24.8 Å². The molecule has 0 radical (unpaired) electrons. The Hall–Kier alpha value is -2.86. The SMILES string of the molecule is CC(CC=C(C(=O)N[C@@H]1C(=O)N2C(C(=O)O)=CCS[C@@H]12)c1csc(N)n1)C(=O)O. The molecule has 0 spiro atoms. The van der Waals surface area contributed by atoms with Crippen molar-refractivity contribution >= 4 is 57.6 Å². The Morgan fingerprint density at radius 2 is 2.17 bits per heavy atom. The zero-order valence-electron chi connectivity index (χ0n) is 15.2. The van der Waals surface area contributed by atoms with E-state index in [4.69, 9.17) is 10.8 Å². The van der Waals surface area contributed by atoms with Crippen molar-refractivity contribution in [1.29, 1.82) is 0 Å². The van der Waals surface area contributed by atoms with Gasteiger partial charge in [-0.25, -0.2) is 9.78 Å². The number of thiazole rings is 1. The van der Waals surface area contributed by atoms with Gasteiger partial charge in [0.25, 0.3) is 11.8 Å². The number of allylic oxidation sites excluding steroid dienone is 1. The lowest BCUT2D eigenvalue weighted by Gasteiger charge is -2.48. The maximum atomic E-state index is 12.9. The molecular formula is C17H18N4O6S2. The van der Waals surface area contributed by atoms with Crippen LogP contribution >= 0.6 is 23.1 Å². The van der Waals surface area contributed by atoms with E-state index in [1.807, 2.05) is 0 Å². The summed E-state index contributed by atoms with van der Waals surface area (Å²) in [5.74, 6) is -3.63. The predicted octanol–water partition coefficient (Wildman–Crippen LogP) is 0.588. The molecule has 29 heavy (non-hydrogen) atoms. The number of anilines is 1. The number of nitrogen functional groups attached to an aromatic ring is 1. The monoisotopic (exact) mass is 438 g/mol. The van der Waals surface area contributed by atoms with Crippen LogP contribution in [0.4, 0.5) is 5.13 Å². The molecule has 154 valence electrons. The van der Waals surface area contributed by atoms with E-state index < -0.39 is 41.1 Å². The summed E-state index contributed by atoms with van der Waals surface area (Å²) in [7, 11) is 0. The molecule has 10 nitrogen and oxygen atoms in total. The van der Waals surface area contributed by atoms with Crippen LogP contribution in [0.3, 0.4) is 0 Å². The third kappa shape index (κ3) is 4.12. The number of carbonyl (C=O) groups excluding carboxylic acids is 2. The van der Waals surface area contributed by atoms with Crippen LogP contribution < -0.4 is 11.1 Å². The minimum atomic E-state index is -1.20. The number of aliphatic carboxylic acids is 2. The number of carboxylic acid groups (broad SMARTS) is 2. The Morgan fingerprint density at radius 3 is 2.76 bits per heavy atom. The third-order valence-electron chi connectivity index (χ3n) is 4.49. The lowest BCUT2D eigenvalue weighted by atomic mass is 10.0. The van der Waals surface area contributed by atoms with Crippen molar-refractivity contribution in [3.05, 3.63) is 28.9 Å². The molecule has 1 aromatic heterocycles. The number of rotatable bonds is 7. The molecule has 2 aliphatic rings. The summed E-state index contributed by atoms with van der Waals surface area (Å²) in [5.41, 5.74) is 5.95. The van der Waals surface area contributed by atoms with Crippen LogP contribution in [-0.2, 0) is 19.2 Å². The molecule has 5 N–H and O–H groups in total. The molecular weight excluding hydrogens is 420 g/mol. The Balaban J connectivity index is 1.78. The fraction of sp³-hybridized carbons (Fsp3) is 0.353. The number of nitrogens with two attached hydrogens (primary N) is 1. The summed E-state index contributed by atoms with van der Waals surface area (Å²) in [6, 6.07) is -0.883. The highest BCUT2D eigenvalue weighted by Crippen LogP contribution is 2.37. The zero-order valence-corrected chi connectivity index (χ0v) is 16.8. The summed E-state index contributed by atoms with van der Waals surface area (Å²) < 4.78 is 0. The Kier molecular flexibility index (Phi) is 5.94. The number of carbonyl (C=O) groups is 4. The molecule has 1 fully saturated rings. The number of nitrogens with zero attached hydrogens (tertiary/aromatic N) is 2. The van der Waals surface area contributed by atoms with Gasteiger partial charge in [-0.05, 0) is 12.5 Å². The van der Waals surface area contributed by atoms with Gasteiger partial charge < -0.3 is 21.3 Å². The van der Waals surface area contributed by atoms with Gasteiger partial charge in [0.2, 0.25) is 0 Å². The second kappa shape index (κ2) is 8.25. The fourth-order valence-electron chi connectivity index (χ4n) is 2.88.